The summed E-state index contributed by atoms with van der Waals surface area (Å²) in [5.74, 6) is -0.949. The van der Waals surface area contributed by atoms with Gasteiger partial charge in [0.1, 0.15) is 25.1 Å². The average Bonchev–Trinajstić information content (AvgIpc) is 3.41. The van der Waals surface area contributed by atoms with E-state index in [1.165, 1.54) is 18.2 Å². The van der Waals surface area contributed by atoms with Crippen molar-refractivity contribution in [2.75, 3.05) is 18.9 Å². The van der Waals surface area contributed by atoms with Crippen LogP contribution in [0, 0.1) is 49.4 Å². The van der Waals surface area contributed by atoms with E-state index in [-0.39, 0.29) is 11.5 Å². The molecule has 0 fully saturated rings. The van der Waals surface area contributed by atoms with Crippen LogP contribution in [-0.4, -0.2) is 53.8 Å². The number of non-ortho nitro benzene ring substituents is 1. The second-order valence-electron chi connectivity index (χ2n) is 14.4. The molecule has 0 saturated heterocycles. The number of anilines is 1. The number of benzene rings is 2. The predicted molar refractivity (Wildman–Crippen MR) is 193 cm³/mol. The summed E-state index contributed by atoms with van der Waals surface area (Å²) in [6.45, 7) is 23.4. The molecule has 0 bridgehead atoms. The highest BCUT2D eigenvalue weighted by Crippen LogP contribution is 2.32. The lowest BCUT2D eigenvalue weighted by molar-refractivity contribution is -0.385. The third-order valence-corrected chi connectivity index (χ3v) is 11.3. The Balaban J connectivity index is 0.000000261. The van der Waals surface area contributed by atoms with Crippen molar-refractivity contribution >= 4 is 27.5 Å². The molecule has 48 heavy (non-hydrogen) atoms. The molecular formula is C34H50F2N6O4Si2. The molecular weight excluding hydrogens is 651 g/mol. The van der Waals surface area contributed by atoms with Gasteiger partial charge in [-0.05, 0) is 64.0 Å². The molecule has 2 heterocycles. The minimum absolute atomic E-state index is 0.265. The quantitative estimate of drug-likeness (QED) is 0.0486. The number of hydrogen-bond donors (Lipinski definition) is 1. The van der Waals surface area contributed by atoms with Crippen molar-refractivity contribution in [2.45, 2.75) is 92.5 Å². The number of aryl methyl sites for hydroxylation is 2. The number of halogens is 2. The molecule has 0 aliphatic rings. The Morgan fingerprint density at radius 2 is 1.17 bits per heavy atom. The molecule has 2 aromatic carbocycles. The SMILES string of the molecule is Cc1nn(COCC[Si](C)(C)C)c(C)c1-c1ccc(N)cc1F.Cc1nn(COCC[Si](C)(C)C)c(C)c1-c1ccc([N+](=O)[O-])cc1F. The number of nitrogen functional groups attached to an aromatic ring is 1. The highest BCUT2D eigenvalue weighted by atomic mass is 28.3. The summed E-state index contributed by atoms with van der Waals surface area (Å²) in [5.41, 5.74) is 11.2. The largest absolute Gasteiger partial charge is 0.399 e. The van der Waals surface area contributed by atoms with Crippen LogP contribution in [0.4, 0.5) is 20.2 Å². The molecule has 0 amide bonds. The highest BCUT2D eigenvalue weighted by molar-refractivity contribution is 6.76. The highest BCUT2D eigenvalue weighted by Gasteiger charge is 2.20. The lowest BCUT2D eigenvalue weighted by Crippen LogP contribution is -2.22. The van der Waals surface area contributed by atoms with Crippen molar-refractivity contribution in [3.05, 3.63) is 80.9 Å². The van der Waals surface area contributed by atoms with Crippen molar-refractivity contribution in [2.24, 2.45) is 0 Å². The van der Waals surface area contributed by atoms with Gasteiger partial charge in [-0.3, -0.25) is 10.1 Å². The first-order valence-electron chi connectivity index (χ1n) is 16.0. The zero-order valence-corrected chi connectivity index (χ0v) is 31.9. The van der Waals surface area contributed by atoms with Gasteiger partial charge in [-0.1, -0.05) is 39.3 Å². The van der Waals surface area contributed by atoms with Gasteiger partial charge in [-0.15, -0.1) is 0 Å². The Bertz CT molecular complexity index is 1730. The van der Waals surface area contributed by atoms with Crippen LogP contribution in [0.15, 0.2) is 36.4 Å². The Morgan fingerprint density at radius 1 is 0.750 bits per heavy atom. The molecule has 4 rings (SSSR count). The van der Waals surface area contributed by atoms with Crippen molar-refractivity contribution in [3.63, 3.8) is 0 Å². The molecule has 2 aromatic heterocycles. The monoisotopic (exact) mass is 700 g/mol. The molecule has 2 N–H and O–H groups in total. The standard InChI is InChI=1S/C17H24FN3O3Si.C17H26FN3OSi/c1-12-17(15-7-6-14(21(22)23)10-16(15)18)13(2)20(19-12)11-24-8-9-25(3,4)5;1-12-17(15-7-6-14(19)10-16(15)18)13(2)21(20-12)11-22-8-9-23(3,4)5/h6-7,10H,8-9,11H2,1-5H3;6-7,10H,8-9,11,19H2,1-5H3. The van der Waals surface area contributed by atoms with Crippen molar-refractivity contribution < 1.29 is 23.2 Å². The number of rotatable bonds is 13. The molecule has 0 aliphatic carbocycles. The topological polar surface area (TPSA) is 123 Å². The van der Waals surface area contributed by atoms with E-state index in [4.69, 9.17) is 15.2 Å². The smallest absolute Gasteiger partial charge is 0.272 e. The van der Waals surface area contributed by atoms with E-state index in [9.17, 15) is 18.9 Å². The van der Waals surface area contributed by atoms with Crippen molar-refractivity contribution in [1.29, 1.82) is 0 Å². The summed E-state index contributed by atoms with van der Waals surface area (Å²) >= 11 is 0. The number of nitro benzene ring substituents is 1. The van der Waals surface area contributed by atoms with Gasteiger partial charge in [0, 0.05) is 74.8 Å². The van der Waals surface area contributed by atoms with Crippen LogP contribution >= 0.6 is 0 Å². The Labute approximate surface area is 284 Å². The Morgan fingerprint density at radius 3 is 1.54 bits per heavy atom. The zero-order valence-electron chi connectivity index (χ0n) is 29.9. The van der Waals surface area contributed by atoms with Gasteiger partial charge < -0.3 is 15.2 Å². The van der Waals surface area contributed by atoms with Gasteiger partial charge in [-0.2, -0.15) is 10.2 Å². The second kappa shape index (κ2) is 16.1. The maximum atomic E-state index is 14.3. The summed E-state index contributed by atoms with van der Waals surface area (Å²) in [4.78, 5) is 10.2. The third kappa shape index (κ3) is 10.6. The van der Waals surface area contributed by atoms with Crippen molar-refractivity contribution in [3.8, 4) is 22.3 Å². The molecule has 0 saturated carbocycles. The molecule has 0 atom stereocenters. The first-order valence-corrected chi connectivity index (χ1v) is 23.4. The minimum atomic E-state index is -1.15. The number of nitrogens with zero attached hydrogens (tertiary/aromatic N) is 5. The number of nitro groups is 1. The average molecular weight is 701 g/mol. The van der Waals surface area contributed by atoms with E-state index in [0.717, 1.165) is 47.4 Å². The first kappa shape index (κ1) is 38.7. The van der Waals surface area contributed by atoms with Crippen LogP contribution in [0.25, 0.3) is 22.3 Å². The Kier molecular flexibility index (Phi) is 13.0. The molecule has 0 spiro atoms. The molecule has 14 heteroatoms. The van der Waals surface area contributed by atoms with E-state index >= 15 is 0 Å². The van der Waals surface area contributed by atoms with E-state index in [0.29, 0.717) is 48.1 Å². The summed E-state index contributed by atoms with van der Waals surface area (Å²) in [5, 5.41) is 19.7. The van der Waals surface area contributed by atoms with Crippen LogP contribution < -0.4 is 5.73 Å². The number of nitrogens with two attached hydrogens (primary N) is 1. The van der Waals surface area contributed by atoms with Crippen LogP contribution in [0.2, 0.25) is 51.4 Å². The fourth-order valence-corrected chi connectivity index (χ4v) is 6.55. The van der Waals surface area contributed by atoms with Gasteiger partial charge in [0.2, 0.25) is 0 Å². The molecule has 0 radical (unpaired) electrons. The molecule has 262 valence electrons. The summed E-state index contributed by atoms with van der Waals surface area (Å²) in [6.07, 6.45) is 0. The fraction of sp³-hybridized carbons (Fsp3) is 0.471. The number of ether oxygens (including phenoxy) is 2. The first-order chi connectivity index (χ1) is 22.3. The normalized spacial score (nSPS) is 11.8. The van der Waals surface area contributed by atoms with E-state index < -0.39 is 26.9 Å². The van der Waals surface area contributed by atoms with Crippen LogP contribution in [0.5, 0.6) is 0 Å². The van der Waals surface area contributed by atoms with Crippen LogP contribution in [0.3, 0.4) is 0 Å². The maximum absolute atomic E-state index is 14.3. The predicted octanol–water partition coefficient (Wildman–Crippen LogP) is 8.73. The summed E-state index contributed by atoms with van der Waals surface area (Å²) < 4.78 is 43.5. The van der Waals surface area contributed by atoms with E-state index in [1.54, 1.807) is 28.4 Å². The lowest BCUT2D eigenvalue weighted by Gasteiger charge is -2.15. The molecule has 0 unspecified atom stereocenters. The molecule has 4 aromatic rings. The van der Waals surface area contributed by atoms with Crippen LogP contribution in [0.1, 0.15) is 22.8 Å². The summed E-state index contributed by atoms with van der Waals surface area (Å²) in [7, 11) is -2.25. The maximum Gasteiger partial charge on any atom is 0.272 e. The minimum Gasteiger partial charge on any atom is -0.399 e. The molecule has 10 nitrogen and oxygen atoms in total. The van der Waals surface area contributed by atoms with E-state index in [1.807, 2.05) is 20.8 Å². The number of hydrogen-bond acceptors (Lipinski definition) is 7. The van der Waals surface area contributed by atoms with Crippen molar-refractivity contribution in [1.82, 2.24) is 19.6 Å². The van der Waals surface area contributed by atoms with E-state index in [2.05, 4.69) is 49.5 Å². The second-order valence-corrected chi connectivity index (χ2v) is 25.7. The van der Waals surface area contributed by atoms with Gasteiger partial charge in [-0.25, -0.2) is 18.1 Å². The Hall–Kier alpha value is -3.73. The number of aromatic nitrogens is 4. The van der Waals surface area contributed by atoms with Gasteiger partial charge in [0.15, 0.2) is 0 Å². The third-order valence-electron chi connectivity index (χ3n) is 7.88. The zero-order chi connectivity index (χ0) is 36.0. The lowest BCUT2D eigenvalue weighted by atomic mass is 10.0. The fourth-order valence-electron chi connectivity index (χ4n) is 5.04. The van der Waals surface area contributed by atoms with Gasteiger partial charge >= 0.3 is 0 Å². The van der Waals surface area contributed by atoms with Crippen LogP contribution in [-0.2, 0) is 22.9 Å². The van der Waals surface area contributed by atoms with Gasteiger partial charge in [0.05, 0.1) is 22.4 Å². The summed E-state index contributed by atoms with van der Waals surface area (Å²) in [6, 6.07) is 10.6. The van der Waals surface area contributed by atoms with Gasteiger partial charge in [0.25, 0.3) is 5.69 Å². The molecule has 0 aliphatic heterocycles.